The lowest BCUT2D eigenvalue weighted by Gasteiger charge is -2.12. The van der Waals surface area contributed by atoms with Crippen molar-refractivity contribution in [2.75, 3.05) is 5.32 Å². The number of primary amides is 1. The van der Waals surface area contributed by atoms with Crippen LogP contribution in [0.15, 0.2) is 36.4 Å². The van der Waals surface area contributed by atoms with Gasteiger partial charge in [0.15, 0.2) is 0 Å². The molecule has 3 aromatic rings. The molecular formula is C20H16F2N4O2. The largest absolute Gasteiger partial charge is 0.369 e. The van der Waals surface area contributed by atoms with Crippen LogP contribution in [0.25, 0.3) is 23.1 Å². The first-order chi connectivity index (χ1) is 13.4. The summed E-state index contributed by atoms with van der Waals surface area (Å²) in [6.45, 7) is 0. The van der Waals surface area contributed by atoms with Crippen LogP contribution in [0.2, 0.25) is 0 Å². The molecule has 0 spiro atoms. The minimum Gasteiger partial charge on any atom is -0.369 e. The summed E-state index contributed by atoms with van der Waals surface area (Å²) in [6.07, 6.45) is 4.15. The van der Waals surface area contributed by atoms with E-state index in [1.54, 1.807) is 24.3 Å². The lowest BCUT2D eigenvalue weighted by molar-refractivity contribution is -0.132. The van der Waals surface area contributed by atoms with Crippen molar-refractivity contribution in [1.82, 2.24) is 10.2 Å². The van der Waals surface area contributed by atoms with E-state index < -0.39 is 23.0 Å². The number of nitrogens with zero attached hydrogens (tertiary/aromatic N) is 1. The summed E-state index contributed by atoms with van der Waals surface area (Å²) in [6, 6.07) is 8.59. The van der Waals surface area contributed by atoms with Gasteiger partial charge in [0.05, 0.1) is 16.9 Å². The van der Waals surface area contributed by atoms with E-state index in [2.05, 4.69) is 15.5 Å². The first kappa shape index (κ1) is 17.8. The number of nitrogens with one attached hydrogen (secondary N) is 2. The molecule has 0 atom stereocenters. The summed E-state index contributed by atoms with van der Waals surface area (Å²) in [4.78, 5) is 23.8. The van der Waals surface area contributed by atoms with Crippen molar-refractivity contribution in [3.63, 3.8) is 0 Å². The van der Waals surface area contributed by atoms with Gasteiger partial charge in [0.25, 0.3) is 0 Å². The highest BCUT2D eigenvalue weighted by atomic mass is 19.1. The molecule has 1 fully saturated rings. The van der Waals surface area contributed by atoms with E-state index in [1.807, 2.05) is 0 Å². The molecule has 0 bridgehead atoms. The van der Waals surface area contributed by atoms with Crippen LogP contribution in [-0.2, 0) is 9.59 Å². The molecule has 1 aliphatic carbocycles. The third-order valence-corrected chi connectivity index (χ3v) is 4.89. The molecular weight excluding hydrogens is 366 g/mol. The molecule has 0 unspecified atom stereocenters. The number of nitrogens with two attached hydrogens (primary N) is 1. The molecule has 4 rings (SSSR count). The Bertz CT molecular complexity index is 1120. The number of hydrogen-bond acceptors (Lipinski definition) is 3. The molecule has 1 aromatic heterocycles. The van der Waals surface area contributed by atoms with Crippen molar-refractivity contribution in [3.8, 4) is 0 Å². The van der Waals surface area contributed by atoms with Crippen molar-refractivity contribution >= 4 is 40.6 Å². The van der Waals surface area contributed by atoms with E-state index in [9.17, 15) is 18.4 Å². The molecule has 0 aliphatic heterocycles. The molecule has 6 nitrogen and oxygen atoms in total. The van der Waals surface area contributed by atoms with E-state index in [0.29, 0.717) is 29.4 Å². The Kier molecular flexibility index (Phi) is 4.18. The second-order valence-electron chi connectivity index (χ2n) is 6.77. The number of rotatable bonds is 5. The smallest absolute Gasteiger partial charge is 0.240 e. The van der Waals surface area contributed by atoms with Crippen LogP contribution >= 0.6 is 0 Å². The van der Waals surface area contributed by atoms with Crippen LogP contribution in [0, 0.1) is 17.0 Å². The Labute approximate surface area is 158 Å². The van der Waals surface area contributed by atoms with Gasteiger partial charge in [-0.05, 0) is 42.7 Å². The predicted molar refractivity (Wildman–Crippen MR) is 101 cm³/mol. The van der Waals surface area contributed by atoms with Gasteiger partial charge in [-0.25, -0.2) is 8.78 Å². The summed E-state index contributed by atoms with van der Waals surface area (Å²) in [5, 5.41) is 9.91. The van der Waals surface area contributed by atoms with Gasteiger partial charge in [0, 0.05) is 11.5 Å². The Hall–Kier alpha value is -3.55. The molecule has 1 saturated carbocycles. The normalized spacial score (nSPS) is 15.1. The average Bonchev–Trinajstić information content (AvgIpc) is 3.40. The molecule has 1 aliphatic rings. The molecule has 28 heavy (non-hydrogen) atoms. The predicted octanol–water partition coefficient (Wildman–Crippen LogP) is 3.22. The Balaban J connectivity index is 1.63. The lowest BCUT2D eigenvalue weighted by atomic mass is 10.1. The fourth-order valence-electron chi connectivity index (χ4n) is 2.98. The van der Waals surface area contributed by atoms with Gasteiger partial charge in [-0.1, -0.05) is 18.2 Å². The van der Waals surface area contributed by atoms with E-state index in [0.717, 1.165) is 5.56 Å². The minimum absolute atomic E-state index is 0.0529. The number of aromatic nitrogens is 2. The highest BCUT2D eigenvalue weighted by molar-refractivity contribution is 6.13. The number of anilines is 1. The van der Waals surface area contributed by atoms with Crippen molar-refractivity contribution < 1.29 is 18.4 Å². The van der Waals surface area contributed by atoms with Crippen molar-refractivity contribution in [2.45, 2.75) is 12.8 Å². The number of carbonyl (C=O) groups excluding carboxylic acids is 2. The van der Waals surface area contributed by atoms with E-state index in [4.69, 9.17) is 5.73 Å². The first-order valence-electron chi connectivity index (χ1n) is 8.62. The average molecular weight is 382 g/mol. The van der Waals surface area contributed by atoms with Crippen LogP contribution in [0.1, 0.15) is 24.1 Å². The first-order valence-corrected chi connectivity index (χ1v) is 8.62. The number of benzene rings is 2. The highest BCUT2D eigenvalue weighted by Gasteiger charge is 2.55. The van der Waals surface area contributed by atoms with Gasteiger partial charge in [-0.15, -0.1) is 0 Å². The number of hydrogen-bond donors (Lipinski definition) is 3. The number of fused-ring (bicyclic) bond motifs is 1. The maximum absolute atomic E-state index is 14.4. The standard InChI is InChI=1S/C20H16F2N4O2/c21-12-4-1-11(2-5-12)3-6-15-13-9-17(14(22)10-16(13)26-25-15)24-19(28)20(7-8-20)18(23)27/h1-6,9-10H,7-8H2,(H2,23,27)(H,24,28)(H,25,26)/b6-3+. The summed E-state index contributed by atoms with van der Waals surface area (Å²) in [5.41, 5.74) is 5.72. The second-order valence-corrected chi connectivity index (χ2v) is 6.77. The van der Waals surface area contributed by atoms with Gasteiger partial charge < -0.3 is 11.1 Å². The fraction of sp³-hybridized carbons (Fsp3) is 0.150. The lowest BCUT2D eigenvalue weighted by Crippen LogP contribution is -2.36. The monoisotopic (exact) mass is 382 g/mol. The number of aromatic amines is 1. The topological polar surface area (TPSA) is 101 Å². The van der Waals surface area contributed by atoms with Crippen LogP contribution < -0.4 is 11.1 Å². The molecule has 2 aromatic carbocycles. The van der Waals surface area contributed by atoms with E-state index >= 15 is 0 Å². The molecule has 0 radical (unpaired) electrons. The third kappa shape index (κ3) is 3.13. The van der Waals surface area contributed by atoms with Gasteiger partial charge >= 0.3 is 0 Å². The third-order valence-electron chi connectivity index (χ3n) is 4.89. The Morgan fingerprint density at radius 3 is 2.50 bits per heavy atom. The maximum Gasteiger partial charge on any atom is 0.240 e. The number of amides is 2. The van der Waals surface area contributed by atoms with E-state index in [1.165, 1.54) is 24.3 Å². The number of halogens is 2. The zero-order valence-corrected chi connectivity index (χ0v) is 14.6. The zero-order chi connectivity index (χ0) is 19.9. The Morgan fingerprint density at radius 2 is 1.86 bits per heavy atom. The summed E-state index contributed by atoms with van der Waals surface area (Å²) >= 11 is 0. The van der Waals surface area contributed by atoms with Crippen molar-refractivity contribution in [1.29, 1.82) is 0 Å². The molecule has 8 heteroatoms. The quantitative estimate of drug-likeness (QED) is 0.591. The van der Waals surface area contributed by atoms with Crippen molar-refractivity contribution in [2.24, 2.45) is 11.1 Å². The SMILES string of the molecule is NC(=O)C1(C(=O)Nc2cc3c(/C=C/c4ccc(F)cc4)n[nH]c3cc2F)CC1. The fourth-order valence-corrected chi connectivity index (χ4v) is 2.98. The van der Waals surface area contributed by atoms with Crippen LogP contribution in [0.3, 0.4) is 0 Å². The molecule has 1 heterocycles. The molecule has 0 saturated heterocycles. The molecule has 4 N–H and O–H groups in total. The summed E-state index contributed by atoms with van der Waals surface area (Å²) < 4.78 is 27.3. The van der Waals surface area contributed by atoms with Gasteiger partial charge in [-0.3, -0.25) is 14.7 Å². The zero-order valence-electron chi connectivity index (χ0n) is 14.6. The number of carbonyl (C=O) groups is 2. The van der Waals surface area contributed by atoms with Crippen molar-refractivity contribution in [3.05, 3.63) is 59.3 Å². The van der Waals surface area contributed by atoms with Crippen LogP contribution in [0.5, 0.6) is 0 Å². The van der Waals surface area contributed by atoms with Gasteiger partial charge in [-0.2, -0.15) is 5.10 Å². The van der Waals surface area contributed by atoms with E-state index in [-0.39, 0.29) is 11.5 Å². The molecule has 142 valence electrons. The molecule has 2 amide bonds. The number of H-pyrrole nitrogens is 1. The van der Waals surface area contributed by atoms with Gasteiger partial charge in [0.1, 0.15) is 17.0 Å². The second kappa shape index (κ2) is 6.56. The highest BCUT2D eigenvalue weighted by Crippen LogP contribution is 2.46. The van der Waals surface area contributed by atoms with Crippen LogP contribution in [0.4, 0.5) is 14.5 Å². The minimum atomic E-state index is -1.25. The van der Waals surface area contributed by atoms with Gasteiger partial charge in [0.2, 0.25) is 11.8 Å². The summed E-state index contributed by atoms with van der Waals surface area (Å²) in [7, 11) is 0. The summed E-state index contributed by atoms with van der Waals surface area (Å²) in [5.74, 6) is -2.30. The Morgan fingerprint density at radius 1 is 1.14 bits per heavy atom. The van der Waals surface area contributed by atoms with Crippen LogP contribution in [-0.4, -0.2) is 22.0 Å². The maximum atomic E-state index is 14.4.